The van der Waals surface area contributed by atoms with Gasteiger partial charge in [0.05, 0.1) is 34.6 Å². The van der Waals surface area contributed by atoms with Crippen molar-refractivity contribution in [2.24, 2.45) is 0 Å². The zero-order valence-electron chi connectivity index (χ0n) is 18.7. The van der Waals surface area contributed by atoms with E-state index < -0.39 is 17.5 Å². The number of anilines is 1. The highest BCUT2D eigenvalue weighted by Gasteiger charge is 2.28. The van der Waals surface area contributed by atoms with E-state index in [2.05, 4.69) is 20.3 Å². The average molecular weight is 462 g/mol. The van der Waals surface area contributed by atoms with E-state index in [1.807, 2.05) is 18.4 Å². The summed E-state index contributed by atoms with van der Waals surface area (Å²) < 4.78 is 17.0. The summed E-state index contributed by atoms with van der Waals surface area (Å²) >= 11 is 6.40. The van der Waals surface area contributed by atoms with Gasteiger partial charge in [0.1, 0.15) is 16.9 Å². The van der Waals surface area contributed by atoms with Crippen LogP contribution in [-0.2, 0) is 5.60 Å². The van der Waals surface area contributed by atoms with E-state index in [1.165, 1.54) is 12.3 Å². The molecule has 9 heteroatoms. The number of fused-ring (bicyclic) bond motifs is 1. The Hall–Kier alpha value is -2.29. The van der Waals surface area contributed by atoms with E-state index >= 15 is 4.39 Å². The lowest BCUT2D eigenvalue weighted by Gasteiger charge is -2.28. The number of imidazole rings is 1. The number of aromatic nitrogens is 4. The van der Waals surface area contributed by atoms with Crippen LogP contribution in [0.25, 0.3) is 22.3 Å². The van der Waals surface area contributed by atoms with Crippen LogP contribution in [0.3, 0.4) is 0 Å². The molecule has 1 aromatic carbocycles. The topological polar surface area (TPSA) is 96.1 Å². The summed E-state index contributed by atoms with van der Waals surface area (Å²) in [5, 5.41) is 24.3. The second kappa shape index (κ2) is 8.57. The van der Waals surface area contributed by atoms with Gasteiger partial charge in [-0.15, -0.1) is 0 Å². The molecule has 0 spiro atoms. The minimum atomic E-state index is -1.24. The van der Waals surface area contributed by atoms with E-state index in [4.69, 9.17) is 11.6 Å². The highest BCUT2D eigenvalue weighted by Crippen LogP contribution is 2.35. The van der Waals surface area contributed by atoms with Gasteiger partial charge in [0.25, 0.3) is 0 Å². The van der Waals surface area contributed by atoms with Crippen molar-refractivity contribution < 1.29 is 14.6 Å². The molecule has 1 aliphatic carbocycles. The molecule has 4 rings (SSSR count). The Kier molecular flexibility index (Phi) is 6.13. The molecule has 2 atom stereocenters. The summed E-state index contributed by atoms with van der Waals surface area (Å²) in [4.78, 5) is 13.2. The third-order valence-corrected chi connectivity index (χ3v) is 6.15. The molecule has 1 aliphatic rings. The number of aliphatic hydroxyl groups excluding tert-OH is 1. The third kappa shape index (κ3) is 4.31. The van der Waals surface area contributed by atoms with Gasteiger partial charge in [-0.05, 0) is 52.7 Å². The van der Waals surface area contributed by atoms with Gasteiger partial charge in [0, 0.05) is 11.6 Å². The van der Waals surface area contributed by atoms with Crippen LogP contribution in [0, 0.1) is 5.82 Å². The number of halogens is 2. The number of nitrogens with zero attached hydrogens (tertiary/aromatic N) is 4. The van der Waals surface area contributed by atoms with E-state index in [1.54, 1.807) is 19.9 Å². The number of rotatable bonds is 5. The van der Waals surface area contributed by atoms with Crippen LogP contribution in [0.5, 0.6) is 0 Å². The van der Waals surface area contributed by atoms with E-state index in [9.17, 15) is 10.2 Å². The SMILES string of the molecule is CC(C)n1c(C(C)(C)O)nc2c(F)cc(-c3nc(NC4CCCCC4O)ncc3Cl)cc21. The summed E-state index contributed by atoms with van der Waals surface area (Å²) in [6, 6.07) is 2.95. The van der Waals surface area contributed by atoms with E-state index in [0.29, 0.717) is 28.5 Å². The molecule has 2 unspecified atom stereocenters. The smallest absolute Gasteiger partial charge is 0.223 e. The lowest BCUT2D eigenvalue weighted by Crippen LogP contribution is -2.36. The van der Waals surface area contributed by atoms with Gasteiger partial charge in [0.15, 0.2) is 5.82 Å². The van der Waals surface area contributed by atoms with Gasteiger partial charge in [-0.1, -0.05) is 24.4 Å². The lowest BCUT2D eigenvalue weighted by atomic mass is 9.93. The molecule has 0 saturated heterocycles. The van der Waals surface area contributed by atoms with Crippen LogP contribution < -0.4 is 5.32 Å². The lowest BCUT2D eigenvalue weighted by molar-refractivity contribution is 0.0641. The maximum absolute atomic E-state index is 15.1. The molecule has 0 radical (unpaired) electrons. The summed E-state index contributed by atoms with van der Waals surface area (Å²) in [5.74, 6) is 0.209. The number of benzene rings is 1. The van der Waals surface area contributed by atoms with Crippen molar-refractivity contribution in [2.75, 3.05) is 5.32 Å². The first kappa shape index (κ1) is 22.9. The fourth-order valence-corrected chi connectivity index (χ4v) is 4.53. The van der Waals surface area contributed by atoms with Crippen molar-refractivity contribution in [3.63, 3.8) is 0 Å². The second-order valence-electron chi connectivity index (χ2n) is 9.28. The highest BCUT2D eigenvalue weighted by molar-refractivity contribution is 6.33. The van der Waals surface area contributed by atoms with Crippen molar-refractivity contribution in [2.45, 2.75) is 77.2 Å². The summed E-state index contributed by atoms with van der Waals surface area (Å²) in [6.45, 7) is 7.17. The molecule has 7 nitrogen and oxygen atoms in total. The first-order chi connectivity index (χ1) is 15.1. The second-order valence-corrected chi connectivity index (χ2v) is 9.68. The Morgan fingerprint density at radius 3 is 2.59 bits per heavy atom. The Morgan fingerprint density at radius 2 is 1.94 bits per heavy atom. The Bertz CT molecular complexity index is 1140. The standard InChI is InChI=1S/C23H29ClFN5O2/c1-12(2)30-17-10-13(9-15(25)20(17)28-21(30)23(3,4)32)19-14(24)11-26-22(29-19)27-16-7-5-6-8-18(16)31/h9-12,16,18,31-32H,5-8H2,1-4H3,(H,26,27,29). The number of hydrogen-bond acceptors (Lipinski definition) is 6. The quantitative estimate of drug-likeness (QED) is 0.504. The Morgan fingerprint density at radius 1 is 1.22 bits per heavy atom. The predicted octanol–water partition coefficient (Wildman–Crippen LogP) is 4.81. The number of nitrogens with one attached hydrogen (secondary N) is 1. The Labute approximate surface area is 191 Å². The molecule has 3 N–H and O–H groups in total. The van der Waals surface area contributed by atoms with Gasteiger partial charge in [-0.25, -0.2) is 19.3 Å². The number of hydrogen-bond donors (Lipinski definition) is 3. The van der Waals surface area contributed by atoms with Crippen LogP contribution in [0.15, 0.2) is 18.3 Å². The molecular weight excluding hydrogens is 433 g/mol. The summed E-state index contributed by atoms with van der Waals surface area (Å²) in [7, 11) is 0. The first-order valence-electron chi connectivity index (χ1n) is 11.0. The van der Waals surface area contributed by atoms with Crippen molar-refractivity contribution in [1.82, 2.24) is 19.5 Å². The average Bonchev–Trinajstić information content (AvgIpc) is 3.12. The molecule has 0 bridgehead atoms. The van der Waals surface area contributed by atoms with Crippen molar-refractivity contribution in [1.29, 1.82) is 0 Å². The van der Waals surface area contributed by atoms with Gasteiger partial charge in [0.2, 0.25) is 5.95 Å². The molecule has 2 heterocycles. The van der Waals surface area contributed by atoms with Crippen LogP contribution >= 0.6 is 11.6 Å². The van der Waals surface area contributed by atoms with Crippen LogP contribution in [0.2, 0.25) is 5.02 Å². The number of aliphatic hydroxyl groups is 2. The molecule has 3 aromatic rings. The molecule has 32 heavy (non-hydrogen) atoms. The molecule has 2 aromatic heterocycles. The van der Waals surface area contributed by atoms with E-state index in [0.717, 1.165) is 25.7 Å². The summed E-state index contributed by atoms with van der Waals surface area (Å²) in [5.41, 5.74) is 0.378. The van der Waals surface area contributed by atoms with Crippen LogP contribution in [0.1, 0.15) is 65.2 Å². The zero-order chi connectivity index (χ0) is 23.2. The summed E-state index contributed by atoms with van der Waals surface area (Å²) in [6.07, 6.45) is 4.62. The van der Waals surface area contributed by atoms with Crippen LogP contribution in [0.4, 0.5) is 10.3 Å². The normalized spacial score (nSPS) is 19.7. The predicted molar refractivity (Wildman–Crippen MR) is 123 cm³/mol. The first-order valence-corrected chi connectivity index (χ1v) is 11.4. The molecule has 1 fully saturated rings. The molecule has 172 valence electrons. The van der Waals surface area contributed by atoms with E-state index in [-0.39, 0.29) is 22.6 Å². The Balaban J connectivity index is 1.80. The highest BCUT2D eigenvalue weighted by atomic mass is 35.5. The maximum Gasteiger partial charge on any atom is 0.223 e. The van der Waals surface area contributed by atoms with Crippen molar-refractivity contribution >= 4 is 28.6 Å². The zero-order valence-corrected chi connectivity index (χ0v) is 19.5. The van der Waals surface area contributed by atoms with Crippen molar-refractivity contribution in [3.05, 3.63) is 35.0 Å². The molecular formula is C23H29ClFN5O2. The fourth-order valence-electron chi connectivity index (χ4n) is 4.33. The fraction of sp³-hybridized carbons (Fsp3) is 0.522. The minimum absolute atomic E-state index is 0.0537. The molecule has 0 aliphatic heterocycles. The van der Waals surface area contributed by atoms with Gasteiger partial charge >= 0.3 is 0 Å². The van der Waals surface area contributed by atoms with Crippen molar-refractivity contribution in [3.8, 4) is 11.3 Å². The molecule has 0 amide bonds. The third-order valence-electron chi connectivity index (χ3n) is 5.87. The van der Waals surface area contributed by atoms with Gasteiger partial charge in [-0.2, -0.15) is 0 Å². The van der Waals surface area contributed by atoms with Gasteiger partial charge < -0.3 is 20.1 Å². The van der Waals surface area contributed by atoms with Gasteiger partial charge in [-0.3, -0.25) is 0 Å². The molecule has 1 saturated carbocycles. The largest absolute Gasteiger partial charge is 0.391 e. The van der Waals surface area contributed by atoms with Crippen LogP contribution in [-0.4, -0.2) is 41.9 Å². The monoisotopic (exact) mass is 461 g/mol. The maximum atomic E-state index is 15.1. The minimum Gasteiger partial charge on any atom is -0.391 e.